The first-order valence-electron chi connectivity index (χ1n) is 9.93. The lowest BCUT2D eigenvalue weighted by Gasteiger charge is -2.08. The Hall–Kier alpha value is -3.90. The van der Waals surface area contributed by atoms with Crippen LogP contribution in [0.15, 0.2) is 83.7 Å². The van der Waals surface area contributed by atoms with Crippen molar-refractivity contribution < 1.29 is 9.50 Å². The van der Waals surface area contributed by atoms with Crippen molar-refractivity contribution >= 4 is 17.2 Å². The Kier molecular flexibility index (Phi) is 4.99. The van der Waals surface area contributed by atoms with Gasteiger partial charge >= 0.3 is 0 Å². The van der Waals surface area contributed by atoms with Gasteiger partial charge in [-0.1, -0.05) is 54.1 Å². The second-order valence-electron chi connectivity index (χ2n) is 7.43. The van der Waals surface area contributed by atoms with Crippen molar-refractivity contribution in [3.05, 3.63) is 111 Å². The van der Waals surface area contributed by atoms with E-state index in [9.17, 15) is 14.3 Å². The van der Waals surface area contributed by atoms with Crippen LogP contribution in [-0.4, -0.2) is 19.7 Å². The molecule has 7 heteroatoms. The predicted molar refractivity (Wildman–Crippen MR) is 123 cm³/mol. The molecule has 2 N–H and O–H groups in total. The number of phenolic OH excluding ortho intramolecular Hbond substituents is 1. The summed E-state index contributed by atoms with van der Waals surface area (Å²) in [5.74, 6) is -0.843. The number of aromatic nitrogens is 3. The molecule has 0 fully saturated rings. The number of fused-ring (bicyclic) bond motifs is 1. The number of hydrogen-bond acceptors (Lipinski definition) is 3. The molecule has 5 rings (SSSR count). The van der Waals surface area contributed by atoms with Crippen LogP contribution in [-0.2, 0) is 6.42 Å². The summed E-state index contributed by atoms with van der Waals surface area (Å²) >= 11 is 6.08. The highest BCUT2D eigenvalue weighted by Gasteiger charge is 2.20. The lowest BCUT2D eigenvalue weighted by molar-refractivity contribution is 0.470. The molecule has 0 aliphatic heterocycles. The Labute approximate surface area is 187 Å². The maximum absolute atomic E-state index is 13.6. The van der Waals surface area contributed by atoms with E-state index in [-0.39, 0.29) is 11.3 Å². The smallest absolute Gasteiger partial charge is 0.251 e. The normalized spacial score (nSPS) is 11.2. The average Bonchev–Trinajstić information content (AvgIpc) is 3.12. The van der Waals surface area contributed by atoms with Gasteiger partial charge < -0.3 is 10.1 Å². The van der Waals surface area contributed by atoms with Gasteiger partial charge in [0, 0.05) is 34.7 Å². The van der Waals surface area contributed by atoms with Gasteiger partial charge in [-0.15, -0.1) is 0 Å². The van der Waals surface area contributed by atoms with Crippen molar-refractivity contribution in [3.63, 3.8) is 0 Å². The first-order valence-corrected chi connectivity index (χ1v) is 10.3. The third-order valence-corrected chi connectivity index (χ3v) is 5.53. The molecule has 5 nitrogen and oxygen atoms in total. The monoisotopic (exact) mass is 445 g/mol. The molecule has 5 aromatic rings. The molecular formula is C25H17ClFN3O2. The zero-order valence-corrected chi connectivity index (χ0v) is 17.5. The van der Waals surface area contributed by atoms with Gasteiger partial charge in [-0.05, 0) is 35.4 Å². The highest BCUT2D eigenvalue weighted by atomic mass is 35.5. The van der Waals surface area contributed by atoms with Crippen molar-refractivity contribution in [2.45, 2.75) is 6.42 Å². The largest absolute Gasteiger partial charge is 0.507 e. The fraction of sp³-hybridized carbons (Fsp3) is 0.0400. The molecule has 158 valence electrons. The van der Waals surface area contributed by atoms with Crippen LogP contribution in [0.5, 0.6) is 5.75 Å². The van der Waals surface area contributed by atoms with E-state index in [1.807, 2.05) is 42.5 Å². The lowest BCUT2D eigenvalue weighted by Crippen LogP contribution is -2.10. The molecular weight excluding hydrogens is 429 g/mol. The summed E-state index contributed by atoms with van der Waals surface area (Å²) < 4.78 is 15.1. The molecule has 0 amide bonds. The minimum Gasteiger partial charge on any atom is -0.507 e. The maximum Gasteiger partial charge on any atom is 0.251 e. The molecule has 0 atom stereocenters. The Morgan fingerprint density at radius 3 is 2.47 bits per heavy atom. The molecule has 0 aliphatic rings. The fourth-order valence-corrected chi connectivity index (χ4v) is 3.96. The van der Waals surface area contributed by atoms with Gasteiger partial charge in [-0.2, -0.15) is 5.10 Å². The quantitative estimate of drug-likeness (QED) is 0.386. The van der Waals surface area contributed by atoms with E-state index in [0.29, 0.717) is 28.3 Å². The Balaban J connectivity index is 1.81. The number of aromatic amines is 1. The number of phenols is 1. The van der Waals surface area contributed by atoms with E-state index in [1.54, 1.807) is 16.6 Å². The Bertz CT molecular complexity index is 1490. The van der Waals surface area contributed by atoms with Crippen LogP contribution in [0.4, 0.5) is 4.39 Å². The molecule has 3 aromatic carbocycles. The molecule has 0 bridgehead atoms. The summed E-state index contributed by atoms with van der Waals surface area (Å²) in [6.45, 7) is 0. The molecule has 2 aromatic heterocycles. The summed E-state index contributed by atoms with van der Waals surface area (Å²) in [6, 6.07) is 22.2. The predicted octanol–water partition coefficient (Wildman–Crippen LogP) is 5.45. The van der Waals surface area contributed by atoms with Gasteiger partial charge in [0.2, 0.25) is 0 Å². The van der Waals surface area contributed by atoms with Crippen LogP contribution < -0.4 is 5.56 Å². The van der Waals surface area contributed by atoms with Gasteiger partial charge in [-0.3, -0.25) is 4.79 Å². The lowest BCUT2D eigenvalue weighted by atomic mass is 10.0. The SMILES string of the molecule is O=c1cc(-c2ccc(F)cc2O)n2nc(Cc3ccccc3)c(-c3ccc(Cl)cc3)c2[nH]1. The first-order chi connectivity index (χ1) is 15.5. The number of nitrogens with one attached hydrogen (secondary N) is 1. The Morgan fingerprint density at radius 2 is 1.75 bits per heavy atom. The van der Waals surface area contributed by atoms with Crippen LogP contribution in [0, 0.1) is 5.82 Å². The van der Waals surface area contributed by atoms with Crippen molar-refractivity contribution in [1.82, 2.24) is 14.6 Å². The van der Waals surface area contributed by atoms with E-state index >= 15 is 0 Å². The summed E-state index contributed by atoms with van der Waals surface area (Å²) in [6.07, 6.45) is 0.525. The van der Waals surface area contributed by atoms with E-state index in [4.69, 9.17) is 16.7 Å². The molecule has 0 spiro atoms. The topological polar surface area (TPSA) is 70.4 Å². The molecule has 32 heavy (non-hydrogen) atoms. The number of H-pyrrole nitrogens is 1. The number of hydrogen-bond donors (Lipinski definition) is 2. The number of aromatic hydroxyl groups is 1. The average molecular weight is 446 g/mol. The number of benzene rings is 3. The number of halogens is 2. The van der Waals surface area contributed by atoms with Gasteiger partial charge in [0.1, 0.15) is 17.2 Å². The molecule has 0 radical (unpaired) electrons. The molecule has 0 saturated carbocycles. The Morgan fingerprint density at radius 1 is 1.00 bits per heavy atom. The number of nitrogens with zero attached hydrogens (tertiary/aromatic N) is 2. The zero-order valence-electron chi connectivity index (χ0n) is 16.7. The second kappa shape index (κ2) is 7.98. The van der Waals surface area contributed by atoms with Gasteiger partial charge in [0.05, 0.1) is 11.4 Å². The second-order valence-corrected chi connectivity index (χ2v) is 7.87. The first kappa shape index (κ1) is 20.0. The van der Waals surface area contributed by atoms with Gasteiger partial charge in [0.15, 0.2) is 0 Å². The minimum absolute atomic E-state index is 0.273. The standard InChI is InChI=1S/C25H17ClFN3O2/c26-17-8-6-16(7-9-17)24-20(12-15-4-2-1-3-5-15)29-30-21(14-23(32)28-25(24)30)19-11-10-18(27)13-22(19)31/h1-11,13-14,31H,12H2,(H,28,32). The van der Waals surface area contributed by atoms with Crippen molar-refractivity contribution in [2.24, 2.45) is 0 Å². The highest BCUT2D eigenvalue weighted by Crippen LogP contribution is 2.34. The van der Waals surface area contributed by atoms with Crippen LogP contribution >= 0.6 is 11.6 Å². The maximum atomic E-state index is 13.6. The molecule has 2 heterocycles. The van der Waals surface area contributed by atoms with E-state index in [1.165, 1.54) is 18.2 Å². The summed E-state index contributed by atoms with van der Waals surface area (Å²) in [7, 11) is 0. The summed E-state index contributed by atoms with van der Waals surface area (Å²) in [5, 5.41) is 15.7. The van der Waals surface area contributed by atoms with Crippen molar-refractivity contribution in [3.8, 4) is 28.1 Å². The van der Waals surface area contributed by atoms with Gasteiger partial charge in [0.25, 0.3) is 5.56 Å². The fourth-order valence-electron chi connectivity index (χ4n) is 3.84. The minimum atomic E-state index is -0.570. The molecule has 0 saturated heterocycles. The molecule has 0 aliphatic carbocycles. The molecule has 0 unspecified atom stereocenters. The van der Waals surface area contributed by atoms with E-state index in [0.717, 1.165) is 28.5 Å². The summed E-state index contributed by atoms with van der Waals surface area (Å²) in [4.78, 5) is 15.5. The van der Waals surface area contributed by atoms with Crippen LogP contribution in [0.1, 0.15) is 11.3 Å². The van der Waals surface area contributed by atoms with Crippen LogP contribution in [0.3, 0.4) is 0 Å². The number of rotatable bonds is 4. The third-order valence-electron chi connectivity index (χ3n) is 5.28. The van der Waals surface area contributed by atoms with Crippen molar-refractivity contribution in [1.29, 1.82) is 0 Å². The van der Waals surface area contributed by atoms with E-state index in [2.05, 4.69) is 4.98 Å². The summed E-state index contributed by atoms with van der Waals surface area (Å²) in [5.41, 5.74) is 4.16. The van der Waals surface area contributed by atoms with Crippen LogP contribution in [0.25, 0.3) is 28.0 Å². The van der Waals surface area contributed by atoms with Crippen LogP contribution in [0.2, 0.25) is 5.02 Å². The third kappa shape index (κ3) is 3.65. The van der Waals surface area contributed by atoms with Gasteiger partial charge in [-0.25, -0.2) is 8.91 Å². The van der Waals surface area contributed by atoms with E-state index < -0.39 is 5.82 Å². The van der Waals surface area contributed by atoms with Crippen molar-refractivity contribution in [2.75, 3.05) is 0 Å². The zero-order chi connectivity index (χ0) is 22.2. The highest BCUT2D eigenvalue weighted by molar-refractivity contribution is 6.30.